The van der Waals surface area contributed by atoms with E-state index in [4.69, 9.17) is 5.53 Å². The number of hydrogen-bond acceptors (Lipinski definition) is 4. The van der Waals surface area contributed by atoms with Gasteiger partial charge in [-0.25, -0.2) is 5.53 Å². The summed E-state index contributed by atoms with van der Waals surface area (Å²) in [6.07, 6.45) is 0. The van der Waals surface area contributed by atoms with E-state index in [1.165, 1.54) is 0 Å². The largest absolute Gasteiger partial charge is 0.271 e. The second-order valence-corrected chi connectivity index (χ2v) is 4.96. The molecular formula is C5H8N2OS2. The summed E-state index contributed by atoms with van der Waals surface area (Å²) >= 11 is 0. The smallest absolute Gasteiger partial charge is 0.270 e. The fourth-order valence-corrected chi connectivity index (χ4v) is 3.97. The zero-order valence-electron chi connectivity index (χ0n) is 5.59. The van der Waals surface area contributed by atoms with Crippen LogP contribution in [0.25, 0.3) is 0 Å². The Morgan fingerprint density at radius 3 is 2.50 bits per heavy atom. The van der Waals surface area contributed by atoms with Crippen LogP contribution >= 0.6 is 21.6 Å². The molecule has 56 valence electrons. The summed E-state index contributed by atoms with van der Waals surface area (Å²) in [6, 6.07) is 0. The minimum atomic E-state index is -0.364. The van der Waals surface area contributed by atoms with Crippen molar-refractivity contribution in [3.8, 4) is 0 Å². The predicted octanol–water partition coefficient (Wildman–Crippen LogP) is 1.95. The topological polar surface area (TPSA) is 53.3 Å². The van der Waals surface area contributed by atoms with Crippen LogP contribution in [-0.4, -0.2) is 17.4 Å². The average Bonchev–Trinajstić information content (AvgIpc) is 2.36. The first-order chi connectivity index (χ1) is 4.69. The number of carbonyl (C=O) groups excluding carboxylic acids is 1. The summed E-state index contributed by atoms with van der Waals surface area (Å²) in [5.41, 5.74) is 6.19. The molecule has 0 atom stereocenters. The molecular weight excluding hydrogens is 168 g/mol. The molecule has 0 aromatic rings. The fourth-order valence-electron chi connectivity index (χ4n) is 0.644. The Kier molecular flexibility index (Phi) is 2.36. The number of nitrogens with zero attached hydrogens (tertiary/aromatic N) is 1. The van der Waals surface area contributed by atoms with Gasteiger partial charge in [0.15, 0.2) is 0 Å². The van der Waals surface area contributed by atoms with Crippen LogP contribution in [0, 0.1) is 10.9 Å². The molecule has 0 aromatic carbocycles. The average molecular weight is 176 g/mol. The van der Waals surface area contributed by atoms with E-state index in [2.05, 4.69) is 5.11 Å². The Labute approximate surface area is 67.2 Å². The standard InChI is InChI=1S/C5H8N2OS2/c1-5(4(8)7-6)2-9-10-3-5/h6H,2-3H2,1H3. The van der Waals surface area contributed by atoms with Crippen molar-refractivity contribution < 1.29 is 4.79 Å². The van der Waals surface area contributed by atoms with Crippen LogP contribution in [0.3, 0.4) is 0 Å². The summed E-state index contributed by atoms with van der Waals surface area (Å²) in [6.45, 7) is 1.86. The number of carbonyl (C=O) groups is 1. The van der Waals surface area contributed by atoms with Crippen molar-refractivity contribution in [2.24, 2.45) is 10.5 Å². The lowest BCUT2D eigenvalue weighted by Crippen LogP contribution is -2.27. The molecule has 3 nitrogen and oxygen atoms in total. The Hall–Kier alpha value is -0.0300. The van der Waals surface area contributed by atoms with Crippen LogP contribution in [-0.2, 0) is 4.79 Å². The van der Waals surface area contributed by atoms with Gasteiger partial charge >= 0.3 is 0 Å². The van der Waals surface area contributed by atoms with Crippen molar-refractivity contribution in [1.29, 1.82) is 5.53 Å². The van der Waals surface area contributed by atoms with Gasteiger partial charge in [-0.2, -0.15) is 0 Å². The lowest BCUT2D eigenvalue weighted by atomic mass is 9.95. The molecule has 0 spiro atoms. The molecule has 0 aliphatic carbocycles. The van der Waals surface area contributed by atoms with E-state index in [-0.39, 0.29) is 11.3 Å². The van der Waals surface area contributed by atoms with E-state index in [0.717, 1.165) is 11.5 Å². The van der Waals surface area contributed by atoms with Crippen LogP contribution < -0.4 is 0 Å². The third-order valence-electron chi connectivity index (χ3n) is 1.46. The van der Waals surface area contributed by atoms with Crippen molar-refractivity contribution in [3.63, 3.8) is 0 Å². The summed E-state index contributed by atoms with van der Waals surface area (Å²) < 4.78 is 0. The Bertz CT molecular complexity index is 165. The Morgan fingerprint density at radius 2 is 2.10 bits per heavy atom. The summed E-state index contributed by atoms with van der Waals surface area (Å²) in [7, 11) is 3.35. The fraction of sp³-hybridized carbons (Fsp3) is 0.800. The minimum Gasteiger partial charge on any atom is -0.270 e. The molecule has 1 amide bonds. The number of amides is 1. The van der Waals surface area contributed by atoms with Crippen molar-refractivity contribution in [2.45, 2.75) is 6.92 Å². The number of nitrogens with one attached hydrogen (secondary N) is 1. The maximum absolute atomic E-state index is 11.0. The van der Waals surface area contributed by atoms with Gasteiger partial charge in [-0.15, -0.1) is 5.11 Å². The summed E-state index contributed by atoms with van der Waals surface area (Å²) in [4.78, 5) is 11.0. The molecule has 0 bridgehead atoms. The van der Waals surface area contributed by atoms with Crippen LogP contribution in [0.15, 0.2) is 5.11 Å². The van der Waals surface area contributed by atoms with Gasteiger partial charge in [0.05, 0.1) is 5.41 Å². The van der Waals surface area contributed by atoms with Gasteiger partial charge in [-0.3, -0.25) is 4.79 Å². The van der Waals surface area contributed by atoms with Crippen molar-refractivity contribution in [2.75, 3.05) is 11.5 Å². The van der Waals surface area contributed by atoms with E-state index in [0.29, 0.717) is 0 Å². The first kappa shape index (κ1) is 8.07. The molecule has 1 N–H and O–H groups in total. The van der Waals surface area contributed by atoms with Crippen LogP contribution in [0.2, 0.25) is 0 Å². The van der Waals surface area contributed by atoms with Gasteiger partial charge < -0.3 is 0 Å². The zero-order valence-corrected chi connectivity index (χ0v) is 7.22. The van der Waals surface area contributed by atoms with E-state index >= 15 is 0 Å². The summed E-state index contributed by atoms with van der Waals surface area (Å²) in [5, 5.41) is 2.93. The molecule has 0 aromatic heterocycles. The third kappa shape index (κ3) is 1.34. The van der Waals surface area contributed by atoms with Crippen molar-refractivity contribution >= 4 is 27.5 Å². The normalized spacial score (nSPS) is 22.5. The maximum atomic E-state index is 11.0. The lowest BCUT2D eigenvalue weighted by molar-refractivity contribution is -0.125. The zero-order chi connectivity index (χ0) is 7.61. The molecule has 1 heterocycles. The number of hydrogen-bond donors (Lipinski definition) is 1. The van der Waals surface area contributed by atoms with Crippen molar-refractivity contribution in [1.82, 2.24) is 0 Å². The van der Waals surface area contributed by atoms with Crippen LogP contribution in [0.1, 0.15) is 6.92 Å². The van der Waals surface area contributed by atoms with Gasteiger partial charge in [0.2, 0.25) is 0 Å². The Morgan fingerprint density at radius 1 is 1.60 bits per heavy atom. The number of rotatable bonds is 1. The highest BCUT2D eigenvalue weighted by atomic mass is 33.1. The molecule has 1 aliphatic rings. The first-order valence-corrected chi connectivity index (χ1v) is 5.34. The molecule has 1 fully saturated rings. The monoisotopic (exact) mass is 176 g/mol. The van der Waals surface area contributed by atoms with Crippen molar-refractivity contribution in [3.05, 3.63) is 0 Å². The van der Waals surface area contributed by atoms with Gasteiger partial charge in [-0.1, -0.05) is 21.6 Å². The van der Waals surface area contributed by atoms with Crippen LogP contribution in [0.4, 0.5) is 0 Å². The quantitative estimate of drug-likeness (QED) is 0.490. The first-order valence-electron chi connectivity index (χ1n) is 2.85. The molecule has 0 radical (unpaired) electrons. The second-order valence-electron chi connectivity index (χ2n) is 2.50. The predicted molar refractivity (Wildman–Crippen MR) is 43.2 cm³/mol. The minimum absolute atomic E-state index is 0.287. The highest BCUT2D eigenvalue weighted by molar-refractivity contribution is 8.77. The molecule has 1 rings (SSSR count). The Balaban J connectivity index is 2.66. The van der Waals surface area contributed by atoms with Gasteiger partial charge in [0, 0.05) is 11.5 Å². The molecule has 10 heavy (non-hydrogen) atoms. The SMILES string of the molecule is CC1(C(=O)N=N)CSSC1. The van der Waals surface area contributed by atoms with E-state index in [1.807, 2.05) is 6.92 Å². The van der Waals surface area contributed by atoms with E-state index in [1.54, 1.807) is 21.6 Å². The summed E-state index contributed by atoms with van der Waals surface area (Å²) in [5.74, 6) is 1.29. The molecule has 1 aliphatic heterocycles. The molecule has 0 saturated carbocycles. The molecule has 5 heteroatoms. The third-order valence-corrected chi connectivity index (χ3v) is 4.34. The van der Waals surface area contributed by atoms with Gasteiger partial charge in [0.25, 0.3) is 5.91 Å². The lowest BCUT2D eigenvalue weighted by Gasteiger charge is -2.14. The van der Waals surface area contributed by atoms with E-state index < -0.39 is 0 Å². The van der Waals surface area contributed by atoms with E-state index in [9.17, 15) is 4.79 Å². The molecule has 1 saturated heterocycles. The highest BCUT2D eigenvalue weighted by Crippen LogP contribution is 2.43. The second kappa shape index (κ2) is 2.92. The highest BCUT2D eigenvalue weighted by Gasteiger charge is 2.37. The van der Waals surface area contributed by atoms with Crippen LogP contribution in [0.5, 0.6) is 0 Å². The van der Waals surface area contributed by atoms with Gasteiger partial charge in [-0.05, 0) is 6.92 Å². The maximum Gasteiger partial charge on any atom is 0.271 e. The molecule has 0 unspecified atom stereocenters. The van der Waals surface area contributed by atoms with Gasteiger partial charge in [0.1, 0.15) is 0 Å².